The maximum atomic E-state index is 13.4. The summed E-state index contributed by atoms with van der Waals surface area (Å²) in [7, 11) is 0. The molecule has 0 saturated carbocycles. The van der Waals surface area contributed by atoms with Crippen molar-refractivity contribution in [3.05, 3.63) is 80.8 Å². The van der Waals surface area contributed by atoms with Gasteiger partial charge in [-0.25, -0.2) is 14.1 Å². The second-order valence-electron chi connectivity index (χ2n) is 8.39. The molecule has 2 aromatic carbocycles. The number of carbonyl (C=O) groups excluding carboxylic acids is 1. The van der Waals surface area contributed by atoms with Crippen LogP contribution in [0.1, 0.15) is 46.6 Å². The number of nitrogens with one attached hydrogen (secondary N) is 1. The van der Waals surface area contributed by atoms with Gasteiger partial charge in [-0.2, -0.15) is 16.9 Å². The molecule has 5 nitrogen and oxygen atoms in total. The lowest BCUT2D eigenvalue weighted by Gasteiger charge is -2.26. The zero-order valence-corrected chi connectivity index (χ0v) is 20.7. The molecule has 2 aliphatic rings. The van der Waals surface area contributed by atoms with E-state index in [2.05, 4.69) is 5.43 Å². The van der Waals surface area contributed by atoms with Gasteiger partial charge in [-0.3, -0.25) is 10.2 Å². The largest absolute Gasteiger partial charge is 0.286 e. The number of amides is 1. The molecule has 1 N–H and O–H groups in total. The van der Waals surface area contributed by atoms with Gasteiger partial charge in [0.15, 0.2) is 5.69 Å². The Bertz CT molecular complexity index is 1250. The van der Waals surface area contributed by atoms with Crippen LogP contribution in [-0.4, -0.2) is 39.5 Å². The second-order valence-corrected chi connectivity index (χ2v) is 10.2. The highest BCUT2D eigenvalue weighted by Gasteiger charge is 2.30. The van der Waals surface area contributed by atoms with E-state index in [0.717, 1.165) is 54.1 Å². The Morgan fingerprint density at radius 2 is 1.82 bits per heavy atom. The van der Waals surface area contributed by atoms with Crippen LogP contribution < -0.4 is 5.43 Å². The Morgan fingerprint density at radius 3 is 2.56 bits per heavy atom. The predicted molar refractivity (Wildman–Crippen MR) is 137 cm³/mol. The van der Waals surface area contributed by atoms with Crippen LogP contribution >= 0.6 is 35.0 Å². The minimum Gasteiger partial charge on any atom is -0.283 e. The van der Waals surface area contributed by atoms with Gasteiger partial charge in [-0.05, 0) is 60.4 Å². The lowest BCUT2D eigenvalue weighted by atomic mass is 10.0. The second kappa shape index (κ2) is 10.1. The molecule has 1 fully saturated rings. The molecule has 176 valence electrons. The Kier molecular flexibility index (Phi) is 6.97. The number of aromatic nitrogens is 2. The van der Waals surface area contributed by atoms with Gasteiger partial charge in [0.05, 0.1) is 16.4 Å². The number of hydrogen-bond donors (Lipinski definition) is 1. The predicted octanol–water partition coefficient (Wildman–Crippen LogP) is 6.24. The molecular weight excluding hydrogens is 494 g/mol. The molecule has 1 amide bonds. The molecule has 3 heterocycles. The Balaban J connectivity index is 1.61. The maximum Gasteiger partial charge on any atom is 0.286 e. The van der Waals surface area contributed by atoms with Gasteiger partial charge >= 0.3 is 0 Å². The van der Waals surface area contributed by atoms with E-state index in [1.54, 1.807) is 40.7 Å². The number of thioether (sulfide) groups is 1. The van der Waals surface area contributed by atoms with Gasteiger partial charge < -0.3 is 0 Å². The summed E-state index contributed by atoms with van der Waals surface area (Å²) in [6, 6.07) is 11.6. The summed E-state index contributed by atoms with van der Waals surface area (Å²) in [6.45, 7) is 1.67. The molecule has 0 bridgehead atoms. The molecule has 1 aromatic heterocycles. The Hall–Kier alpha value is -2.32. The number of nitrogens with zero attached hydrogens (tertiary/aromatic N) is 3. The van der Waals surface area contributed by atoms with Crippen molar-refractivity contribution >= 4 is 52.5 Å². The molecule has 34 heavy (non-hydrogen) atoms. The molecule has 2 aliphatic heterocycles. The van der Waals surface area contributed by atoms with E-state index in [1.165, 1.54) is 18.6 Å². The normalized spacial score (nSPS) is 17.6. The summed E-state index contributed by atoms with van der Waals surface area (Å²) in [5.74, 6) is 0.888. The summed E-state index contributed by atoms with van der Waals surface area (Å²) >= 11 is 14.4. The summed E-state index contributed by atoms with van der Waals surface area (Å²) in [6.07, 6.45) is 5.32. The van der Waals surface area contributed by atoms with Crippen LogP contribution in [0.25, 0.3) is 17.3 Å². The number of piperidine rings is 1. The summed E-state index contributed by atoms with van der Waals surface area (Å²) in [5.41, 5.74) is 7.66. The van der Waals surface area contributed by atoms with Crippen molar-refractivity contribution in [1.29, 1.82) is 0 Å². The topological polar surface area (TPSA) is 50.2 Å². The lowest BCUT2D eigenvalue weighted by molar-refractivity contribution is 0.0743. The van der Waals surface area contributed by atoms with Crippen molar-refractivity contribution < 1.29 is 9.18 Å². The third-order valence-electron chi connectivity index (χ3n) is 5.97. The minimum atomic E-state index is -0.282. The molecule has 3 aromatic rings. The number of benzene rings is 2. The monoisotopic (exact) mass is 516 g/mol. The molecule has 0 atom stereocenters. The highest BCUT2D eigenvalue weighted by molar-refractivity contribution is 7.99. The van der Waals surface area contributed by atoms with Gasteiger partial charge in [-0.1, -0.05) is 41.8 Å². The molecule has 0 unspecified atom stereocenters. The minimum absolute atomic E-state index is 0.217. The first kappa shape index (κ1) is 23.4. The van der Waals surface area contributed by atoms with Gasteiger partial charge in [0.1, 0.15) is 5.82 Å². The standard InChI is InChI=1S/C25H23Cl2FN4OS/c26-18-6-9-22(21(27)13-18)32-24-17(12-16-4-7-19(28)8-5-16)14-34-15-20(24)23(29-32)25(33)30-31-10-2-1-3-11-31/h4-9,12-13H,1-3,10-11,14-15H2,(H,30,33). The zero-order chi connectivity index (χ0) is 23.7. The highest BCUT2D eigenvalue weighted by atomic mass is 35.5. The van der Waals surface area contributed by atoms with Crippen molar-refractivity contribution in [2.75, 3.05) is 18.8 Å². The number of fused-ring (bicyclic) bond motifs is 1. The van der Waals surface area contributed by atoms with Crippen LogP contribution in [0.3, 0.4) is 0 Å². The van der Waals surface area contributed by atoms with Crippen LogP contribution in [0.5, 0.6) is 0 Å². The number of hydrogen-bond acceptors (Lipinski definition) is 4. The van der Waals surface area contributed by atoms with Crippen molar-refractivity contribution in [2.24, 2.45) is 0 Å². The lowest BCUT2D eigenvalue weighted by Crippen LogP contribution is -2.45. The van der Waals surface area contributed by atoms with Crippen LogP contribution in [-0.2, 0) is 5.75 Å². The molecule has 5 rings (SSSR count). The van der Waals surface area contributed by atoms with Crippen LogP contribution in [0.4, 0.5) is 4.39 Å². The van der Waals surface area contributed by atoms with Gasteiger partial charge in [0.2, 0.25) is 0 Å². The molecule has 0 aliphatic carbocycles. The fourth-order valence-electron chi connectivity index (χ4n) is 4.33. The number of carbonyl (C=O) groups is 1. The third-order valence-corrected chi connectivity index (χ3v) is 7.52. The molecule has 0 radical (unpaired) electrons. The smallest absolute Gasteiger partial charge is 0.283 e. The van der Waals surface area contributed by atoms with Crippen LogP contribution in [0, 0.1) is 5.82 Å². The average molecular weight is 517 g/mol. The van der Waals surface area contributed by atoms with E-state index in [9.17, 15) is 9.18 Å². The van der Waals surface area contributed by atoms with E-state index < -0.39 is 0 Å². The quantitative estimate of drug-likeness (QED) is 0.446. The SMILES string of the molecule is O=C(NN1CCCCC1)c1nn(-c2ccc(Cl)cc2Cl)c2c1CSCC2=Cc1ccc(F)cc1. The Labute approximate surface area is 211 Å². The van der Waals surface area contributed by atoms with Crippen molar-refractivity contribution in [3.63, 3.8) is 0 Å². The van der Waals surface area contributed by atoms with Gasteiger partial charge in [0.25, 0.3) is 5.91 Å². The summed E-state index contributed by atoms with van der Waals surface area (Å²) < 4.78 is 15.2. The molecule has 1 saturated heterocycles. The van der Waals surface area contributed by atoms with E-state index >= 15 is 0 Å². The van der Waals surface area contributed by atoms with E-state index in [0.29, 0.717) is 27.2 Å². The molecular formula is C25H23Cl2FN4OS. The average Bonchev–Trinajstić information content (AvgIpc) is 3.22. The summed E-state index contributed by atoms with van der Waals surface area (Å²) in [5, 5.41) is 7.70. The number of rotatable bonds is 4. The molecule has 0 spiro atoms. The maximum absolute atomic E-state index is 13.4. The van der Waals surface area contributed by atoms with Crippen LogP contribution in [0.2, 0.25) is 10.0 Å². The van der Waals surface area contributed by atoms with E-state index in [-0.39, 0.29) is 11.7 Å². The van der Waals surface area contributed by atoms with Crippen molar-refractivity contribution in [1.82, 2.24) is 20.2 Å². The Morgan fingerprint density at radius 1 is 1.06 bits per heavy atom. The van der Waals surface area contributed by atoms with Gasteiger partial charge in [-0.15, -0.1) is 0 Å². The number of halogens is 3. The summed E-state index contributed by atoms with van der Waals surface area (Å²) in [4.78, 5) is 13.3. The first-order valence-electron chi connectivity index (χ1n) is 11.2. The van der Waals surface area contributed by atoms with E-state index in [4.69, 9.17) is 28.3 Å². The third kappa shape index (κ3) is 4.89. The van der Waals surface area contributed by atoms with Gasteiger partial charge in [0, 0.05) is 35.2 Å². The van der Waals surface area contributed by atoms with Crippen molar-refractivity contribution in [3.8, 4) is 5.69 Å². The van der Waals surface area contributed by atoms with Crippen molar-refractivity contribution in [2.45, 2.75) is 25.0 Å². The number of hydrazine groups is 1. The zero-order valence-electron chi connectivity index (χ0n) is 18.4. The first-order chi connectivity index (χ1) is 16.5. The van der Waals surface area contributed by atoms with Crippen LogP contribution in [0.15, 0.2) is 42.5 Å². The molecule has 9 heteroatoms. The fourth-order valence-corrected chi connectivity index (χ4v) is 5.84. The fraction of sp³-hybridized carbons (Fsp3) is 0.280. The highest BCUT2D eigenvalue weighted by Crippen LogP contribution is 2.38. The first-order valence-corrected chi connectivity index (χ1v) is 13.1. The van der Waals surface area contributed by atoms with E-state index in [1.807, 2.05) is 17.2 Å².